The monoisotopic (exact) mass is 328 g/mol. The van der Waals surface area contributed by atoms with Crippen molar-refractivity contribution in [3.05, 3.63) is 47.8 Å². The van der Waals surface area contributed by atoms with Crippen LogP contribution in [0, 0.1) is 0 Å². The van der Waals surface area contributed by atoms with E-state index in [1.807, 2.05) is 34.8 Å². The van der Waals surface area contributed by atoms with Gasteiger partial charge in [0.05, 0.1) is 19.3 Å². The Bertz CT molecular complexity index is 755. The maximum Gasteiger partial charge on any atom is 0.254 e. The highest BCUT2D eigenvalue weighted by Gasteiger charge is 2.31. The molecular weight excluding hydrogens is 308 g/mol. The number of nitrogens with zero attached hydrogens (tertiary/aromatic N) is 2. The van der Waals surface area contributed by atoms with Crippen molar-refractivity contribution in [2.45, 2.75) is 6.04 Å². The van der Waals surface area contributed by atoms with Crippen LogP contribution in [0.5, 0.6) is 11.5 Å². The smallest absolute Gasteiger partial charge is 0.254 e. The van der Waals surface area contributed by atoms with Crippen LogP contribution in [0.4, 0.5) is 0 Å². The number of hydrogen-bond donors (Lipinski definition) is 0. The summed E-state index contributed by atoms with van der Waals surface area (Å²) in [6.07, 6.45) is 1.98. The van der Waals surface area contributed by atoms with Gasteiger partial charge in [-0.1, -0.05) is 0 Å². The summed E-state index contributed by atoms with van der Waals surface area (Å²) in [5.74, 6) is 1.32. The first-order valence-electron chi connectivity index (χ1n) is 8.13. The third-order valence-corrected chi connectivity index (χ3v) is 4.50. The van der Waals surface area contributed by atoms with Crippen LogP contribution in [0.1, 0.15) is 22.1 Å². The van der Waals surface area contributed by atoms with Gasteiger partial charge >= 0.3 is 0 Å². The summed E-state index contributed by atoms with van der Waals surface area (Å²) in [6, 6.07) is 9.31. The molecule has 2 aliphatic rings. The van der Waals surface area contributed by atoms with Crippen LogP contribution in [-0.2, 0) is 11.8 Å². The Morgan fingerprint density at radius 2 is 1.96 bits per heavy atom. The summed E-state index contributed by atoms with van der Waals surface area (Å²) < 4.78 is 18.8. The Balaban J connectivity index is 1.63. The number of morpholine rings is 1. The molecule has 1 amide bonds. The van der Waals surface area contributed by atoms with Crippen molar-refractivity contribution in [2.75, 3.05) is 33.0 Å². The fourth-order valence-corrected chi connectivity index (χ4v) is 3.25. The Labute approximate surface area is 140 Å². The molecule has 24 heavy (non-hydrogen) atoms. The lowest BCUT2D eigenvalue weighted by atomic mass is 10.1. The SMILES string of the molecule is Cn1cccc1C1COCCN1C(=O)c1ccc2c(c1)OCCO2. The van der Waals surface area contributed by atoms with E-state index in [0.717, 1.165) is 5.69 Å². The topological polar surface area (TPSA) is 52.9 Å². The van der Waals surface area contributed by atoms with Gasteiger partial charge in [-0.15, -0.1) is 0 Å². The van der Waals surface area contributed by atoms with Crippen LogP contribution in [0.3, 0.4) is 0 Å². The first-order valence-corrected chi connectivity index (χ1v) is 8.13. The molecule has 0 spiro atoms. The maximum absolute atomic E-state index is 13.1. The average molecular weight is 328 g/mol. The van der Waals surface area contributed by atoms with Gasteiger partial charge in [-0.25, -0.2) is 0 Å². The molecule has 4 rings (SSSR count). The quantitative estimate of drug-likeness (QED) is 0.846. The molecule has 1 fully saturated rings. The molecular formula is C18H20N2O4. The molecule has 2 aliphatic heterocycles. The molecule has 0 bridgehead atoms. The summed E-state index contributed by atoms with van der Waals surface area (Å²) in [5, 5.41) is 0. The lowest BCUT2D eigenvalue weighted by Crippen LogP contribution is -2.44. The summed E-state index contributed by atoms with van der Waals surface area (Å²) in [4.78, 5) is 14.9. The lowest BCUT2D eigenvalue weighted by Gasteiger charge is -2.36. The second-order valence-electron chi connectivity index (χ2n) is 5.99. The first-order chi connectivity index (χ1) is 11.7. The Morgan fingerprint density at radius 1 is 1.12 bits per heavy atom. The lowest BCUT2D eigenvalue weighted by molar-refractivity contribution is -0.00466. The summed E-state index contributed by atoms with van der Waals surface area (Å²) in [7, 11) is 1.98. The highest BCUT2D eigenvalue weighted by molar-refractivity contribution is 5.95. The van der Waals surface area contributed by atoms with E-state index >= 15 is 0 Å². The molecule has 1 aromatic heterocycles. The van der Waals surface area contributed by atoms with Gasteiger partial charge in [-0.3, -0.25) is 4.79 Å². The molecule has 1 unspecified atom stereocenters. The number of amides is 1. The van der Waals surface area contributed by atoms with Crippen molar-refractivity contribution in [3.8, 4) is 11.5 Å². The van der Waals surface area contributed by atoms with E-state index in [0.29, 0.717) is 50.0 Å². The number of ether oxygens (including phenoxy) is 3. The van der Waals surface area contributed by atoms with Crippen molar-refractivity contribution < 1.29 is 19.0 Å². The molecule has 1 atom stereocenters. The Hall–Kier alpha value is -2.47. The highest BCUT2D eigenvalue weighted by Crippen LogP contribution is 2.32. The van der Waals surface area contributed by atoms with E-state index in [4.69, 9.17) is 14.2 Å². The number of hydrogen-bond acceptors (Lipinski definition) is 4. The van der Waals surface area contributed by atoms with Gasteiger partial charge < -0.3 is 23.7 Å². The van der Waals surface area contributed by atoms with Crippen LogP contribution >= 0.6 is 0 Å². The molecule has 0 saturated carbocycles. The van der Waals surface area contributed by atoms with Crippen molar-refractivity contribution in [3.63, 3.8) is 0 Å². The minimum absolute atomic E-state index is 0.0125. The normalized spacial score (nSPS) is 20.0. The van der Waals surface area contributed by atoms with Gasteiger partial charge in [0, 0.05) is 31.0 Å². The van der Waals surface area contributed by atoms with Crippen LogP contribution < -0.4 is 9.47 Å². The van der Waals surface area contributed by atoms with E-state index in [-0.39, 0.29) is 11.9 Å². The molecule has 3 heterocycles. The number of carbonyl (C=O) groups is 1. The maximum atomic E-state index is 13.1. The van der Waals surface area contributed by atoms with Gasteiger partial charge in [0.25, 0.3) is 5.91 Å². The van der Waals surface area contributed by atoms with Gasteiger partial charge in [0.1, 0.15) is 13.2 Å². The molecule has 1 saturated heterocycles. The van der Waals surface area contributed by atoms with Crippen LogP contribution in [0.2, 0.25) is 0 Å². The van der Waals surface area contributed by atoms with Gasteiger partial charge in [0.2, 0.25) is 0 Å². The average Bonchev–Trinajstić information content (AvgIpc) is 3.06. The number of fused-ring (bicyclic) bond motifs is 1. The molecule has 0 N–H and O–H groups in total. The largest absolute Gasteiger partial charge is 0.486 e. The van der Waals surface area contributed by atoms with E-state index in [9.17, 15) is 4.79 Å². The standard InChI is InChI=1S/C18H20N2O4/c1-19-6-2-3-14(19)15-12-22-8-7-20(15)18(21)13-4-5-16-17(11-13)24-10-9-23-16/h2-6,11,15H,7-10,12H2,1H3. The van der Waals surface area contributed by atoms with Crippen LogP contribution in [-0.4, -0.2) is 48.3 Å². The number of aromatic nitrogens is 1. The Kier molecular flexibility index (Phi) is 3.90. The number of aryl methyl sites for hydroxylation is 1. The van der Waals surface area contributed by atoms with Crippen molar-refractivity contribution in [2.24, 2.45) is 7.05 Å². The molecule has 1 aromatic carbocycles. The predicted octanol–water partition coefficient (Wildman–Crippen LogP) is 2.01. The van der Waals surface area contributed by atoms with Gasteiger partial charge in [-0.05, 0) is 30.3 Å². The first kappa shape index (κ1) is 15.1. The van der Waals surface area contributed by atoms with Gasteiger partial charge in [0.15, 0.2) is 11.5 Å². The zero-order chi connectivity index (χ0) is 16.5. The zero-order valence-electron chi connectivity index (χ0n) is 13.6. The number of benzene rings is 1. The number of rotatable bonds is 2. The van der Waals surface area contributed by atoms with E-state index in [1.54, 1.807) is 18.2 Å². The third kappa shape index (κ3) is 2.63. The molecule has 0 radical (unpaired) electrons. The predicted molar refractivity (Wildman–Crippen MR) is 87.4 cm³/mol. The molecule has 0 aliphatic carbocycles. The van der Waals surface area contributed by atoms with E-state index in [2.05, 4.69) is 0 Å². The number of carbonyl (C=O) groups excluding carboxylic acids is 1. The minimum Gasteiger partial charge on any atom is -0.486 e. The molecule has 6 nitrogen and oxygen atoms in total. The zero-order valence-corrected chi connectivity index (χ0v) is 13.6. The van der Waals surface area contributed by atoms with E-state index in [1.165, 1.54) is 0 Å². The van der Waals surface area contributed by atoms with E-state index < -0.39 is 0 Å². The van der Waals surface area contributed by atoms with Crippen molar-refractivity contribution in [1.29, 1.82) is 0 Å². The third-order valence-electron chi connectivity index (χ3n) is 4.50. The second kappa shape index (κ2) is 6.20. The van der Waals surface area contributed by atoms with Crippen LogP contribution in [0.25, 0.3) is 0 Å². The summed E-state index contributed by atoms with van der Waals surface area (Å²) in [5.41, 5.74) is 1.68. The highest BCUT2D eigenvalue weighted by atomic mass is 16.6. The van der Waals surface area contributed by atoms with Crippen LogP contribution in [0.15, 0.2) is 36.5 Å². The molecule has 6 heteroatoms. The molecule has 2 aromatic rings. The summed E-state index contributed by atoms with van der Waals surface area (Å²) in [6.45, 7) is 2.68. The minimum atomic E-state index is -0.0838. The summed E-state index contributed by atoms with van der Waals surface area (Å²) >= 11 is 0. The fraction of sp³-hybridized carbons (Fsp3) is 0.389. The molecule has 126 valence electrons. The fourth-order valence-electron chi connectivity index (χ4n) is 3.25. The van der Waals surface area contributed by atoms with Crippen molar-refractivity contribution in [1.82, 2.24) is 9.47 Å². The van der Waals surface area contributed by atoms with Crippen molar-refractivity contribution >= 4 is 5.91 Å². The second-order valence-corrected chi connectivity index (χ2v) is 5.99. The Morgan fingerprint density at radius 3 is 2.75 bits per heavy atom. The van der Waals surface area contributed by atoms with Gasteiger partial charge in [-0.2, -0.15) is 0 Å².